The van der Waals surface area contributed by atoms with Gasteiger partial charge in [-0.15, -0.1) is 11.8 Å². The van der Waals surface area contributed by atoms with Crippen LogP contribution in [0.1, 0.15) is 19.8 Å². The van der Waals surface area contributed by atoms with Crippen molar-refractivity contribution in [2.45, 2.75) is 25.8 Å². The highest BCUT2D eigenvalue weighted by atomic mass is 32.2. The number of amides is 1. The van der Waals surface area contributed by atoms with E-state index in [1.807, 2.05) is 6.92 Å². The first-order valence-corrected chi connectivity index (χ1v) is 6.33. The molecule has 1 amide bonds. The molecule has 0 spiro atoms. The Hall–Kier alpha value is -0.750. The van der Waals surface area contributed by atoms with Gasteiger partial charge in [-0.05, 0) is 6.42 Å². The zero-order chi connectivity index (χ0) is 12.4. The van der Waals surface area contributed by atoms with Crippen LogP contribution < -0.4 is 5.32 Å². The monoisotopic (exact) mass is 249 g/mol. The molecule has 0 radical (unpaired) electrons. The second-order valence-electron chi connectivity index (χ2n) is 3.39. The Morgan fingerprint density at radius 2 is 2.12 bits per heavy atom. The number of hydrogen-bond donors (Lipinski definition) is 2. The van der Waals surface area contributed by atoms with Crippen molar-refractivity contribution in [1.82, 2.24) is 5.32 Å². The Kier molecular flexibility index (Phi) is 9.03. The molecule has 0 aliphatic carbocycles. The summed E-state index contributed by atoms with van der Waals surface area (Å²) in [5.74, 6) is -0.909. The highest BCUT2D eigenvalue weighted by Gasteiger charge is 2.11. The van der Waals surface area contributed by atoms with Gasteiger partial charge in [0.05, 0.1) is 24.2 Å². The molecule has 16 heavy (non-hydrogen) atoms. The average molecular weight is 249 g/mol. The number of carboxylic acids is 1. The van der Waals surface area contributed by atoms with Gasteiger partial charge < -0.3 is 15.2 Å². The van der Waals surface area contributed by atoms with Gasteiger partial charge >= 0.3 is 5.97 Å². The lowest BCUT2D eigenvalue weighted by molar-refractivity contribution is -0.133. The molecule has 0 aromatic rings. The molecule has 0 rings (SSSR count). The maximum absolute atomic E-state index is 11.4. The minimum atomic E-state index is -0.903. The SMILES string of the molecule is CCCC(COC)NC(=O)CSCC(=O)O. The molecule has 0 saturated carbocycles. The minimum Gasteiger partial charge on any atom is -0.481 e. The number of aliphatic carboxylic acids is 1. The molecule has 0 aliphatic rings. The van der Waals surface area contributed by atoms with Gasteiger partial charge in [-0.3, -0.25) is 9.59 Å². The van der Waals surface area contributed by atoms with E-state index >= 15 is 0 Å². The zero-order valence-electron chi connectivity index (χ0n) is 9.69. The first kappa shape index (κ1) is 15.2. The summed E-state index contributed by atoms with van der Waals surface area (Å²) in [4.78, 5) is 21.6. The van der Waals surface area contributed by atoms with Crippen LogP contribution in [0.5, 0.6) is 0 Å². The van der Waals surface area contributed by atoms with E-state index in [1.54, 1.807) is 7.11 Å². The topological polar surface area (TPSA) is 75.6 Å². The molecule has 6 heteroatoms. The largest absolute Gasteiger partial charge is 0.481 e. The number of methoxy groups -OCH3 is 1. The number of hydrogen-bond acceptors (Lipinski definition) is 4. The molecule has 1 unspecified atom stereocenters. The third kappa shape index (κ3) is 8.55. The van der Waals surface area contributed by atoms with E-state index in [0.717, 1.165) is 24.6 Å². The summed E-state index contributed by atoms with van der Waals surface area (Å²) in [6, 6.07) is 0.0212. The molecule has 0 fully saturated rings. The van der Waals surface area contributed by atoms with Crippen molar-refractivity contribution in [3.05, 3.63) is 0 Å². The molecule has 0 saturated heterocycles. The van der Waals surface area contributed by atoms with Crippen LogP contribution in [0.2, 0.25) is 0 Å². The van der Waals surface area contributed by atoms with Crippen molar-refractivity contribution in [1.29, 1.82) is 0 Å². The lowest BCUT2D eigenvalue weighted by Gasteiger charge is -2.16. The predicted octanol–water partition coefficient (Wildman–Crippen LogP) is 0.735. The fourth-order valence-electron chi connectivity index (χ4n) is 1.25. The lowest BCUT2D eigenvalue weighted by Crippen LogP contribution is -2.39. The van der Waals surface area contributed by atoms with Crippen molar-refractivity contribution in [3.63, 3.8) is 0 Å². The first-order valence-electron chi connectivity index (χ1n) is 5.18. The minimum absolute atomic E-state index is 0.0212. The Balaban J connectivity index is 3.76. The average Bonchev–Trinajstić information content (AvgIpc) is 2.17. The molecule has 0 bridgehead atoms. The summed E-state index contributed by atoms with van der Waals surface area (Å²) in [6.07, 6.45) is 1.83. The van der Waals surface area contributed by atoms with Gasteiger partial charge in [-0.2, -0.15) is 0 Å². The van der Waals surface area contributed by atoms with Crippen LogP contribution in [0, 0.1) is 0 Å². The summed E-state index contributed by atoms with van der Waals surface area (Å²) in [6.45, 7) is 2.52. The Morgan fingerprint density at radius 3 is 2.62 bits per heavy atom. The van der Waals surface area contributed by atoms with Crippen molar-refractivity contribution < 1.29 is 19.4 Å². The van der Waals surface area contributed by atoms with E-state index in [0.29, 0.717) is 6.61 Å². The fourth-order valence-corrected chi connectivity index (χ4v) is 1.79. The summed E-state index contributed by atoms with van der Waals surface area (Å²) in [5.41, 5.74) is 0. The molecule has 5 nitrogen and oxygen atoms in total. The molecule has 0 heterocycles. The van der Waals surface area contributed by atoms with Crippen LogP contribution >= 0.6 is 11.8 Å². The zero-order valence-corrected chi connectivity index (χ0v) is 10.5. The standard InChI is InChI=1S/C10H19NO4S/c1-3-4-8(5-15-2)11-9(12)6-16-7-10(13)14/h8H,3-7H2,1-2H3,(H,11,12)(H,13,14). The van der Waals surface area contributed by atoms with Gasteiger partial charge in [0.25, 0.3) is 0 Å². The molecular formula is C10H19NO4S. The Bertz CT molecular complexity index is 217. The van der Waals surface area contributed by atoms with Gasteiger partial charge in [-0.1, -0.05) is 13.3 Å². The quantitative estimate of drug-likeness (QED) is 0.630. The molecule has 1 atom stereocenters. The summed E-state index contributed by atoms with van der Waals surface area (Å²) < 4.78 is 4.98. The van der Waals surface area contributed by atoms with Gasteiger partial charge in [-0.25, -0.2) is 0 Å². The third-order valence-electron chi connectivity index (χ3n) is 1.83. The van der Waals surface area contributed by atoms with E-state index in [1.165, 1.54) is 0 Å². The second kappa shape index (κ2) is 9.47. The number of ether oxygens (including phenoxy) is 1. The van der Waals surface area contributed by atoms with Gasteiger partial charge in [0.15, 0.2) is 0 Å². The molecule has 2 N–H and O–H groups in total. The van der Waals surface area contributed by atoms with Gasteiger partial charge in [0, 0.05) is 7.11 Å². The normalized spacial score (nSPS) is 12.1. The van der Waals surface area contributed by atoms with E-state index in [2.05, 4.69) is 5.32 Å². The van der Waals surface area contributed by atoms with E-state index < -0.39 is 5.97 Å². The van der Waals surface area contributed by atoms with Crippen LogP contribution in [0.4, 0.5) is 0 Å². The van der Waals surface area contributed by atoms with Crippen LogP contribution in [0.25, 0.3) is 0 Å². The summed E-state index contributed by atoms with van der Waals surface area (Å²) in [5, 5.41) is 11.2. The van der Waals surface area contributed by atoms with E-state index in [9.17, 15) is 9.59 Å². The van der Waals surface area contributed by atoms with Crippen LogP contribution in [-0.2, 0) is 14.3 Å². The number of carbonyl (C=O) groups is 2. The van der Waals surface area contributed by atoms with Crippen molar-refractivity contribution in [2.24, 2.45) is 0 Å². The Morgan fingerprint density at radius 1 is 1.44 bits per heavy atom. The number of carboxylic acid groups (broad SMARTS) is 1. The lowest BCUT2D eigenvalue weighted by atomic mass is 10.2. The van der Waals surface area contributed by atoms with Gasteiger partial charge in [0.1, 0.15) is 0 Å². The number of nitrogens with one attached hydrogen (secondary N) is 1. The van der Waals surface area contributed by atoms with E-state index in [-0.39, 0.29) is 23.5 Å². The Labute approximate surface area is 99.9 Å². The summed E-state index contributed by atoms with van der Waals surface area (Å²) >= 11 is 1.10. The van der Waals surface area contributed by atoms with Crippen LogP contribution in [0.15, 0.2) is 0 Å². The van der Waals surface area contributed by atoms with Crippen molar-refractivity contribution in [3.8, 4) is 0 Å². The van der Waals surface area contributed by atoms with Crippen LogP contribution in [-0.4, -0.2) is 48.2 Å². The molecule has 0 aromatic heterocycles. The molecule has 94 valence electrons. The maximum atomic E-state index is 11.4. The maximum Gasteiger partial charge on any atom is 0.313 e. The molecule has 0 aliphatic heterocycles. The second-order valence-corrected chi connectivity index (χ2v) is 4.38. The molecular weight excluding hydrogens is 230 g/mol. The fraction of sp³-hybridized carbons (Fsp3) is 0.800. The third-order valence-corrected chi connectivity index (χ3v) is 2.75. The molecule has 0 aromatic carbocycles. The van der Waals surface area contributed by atoms with Gasteiger partial charge in [0.2, 0.25) is 5.91 Å². The first-order chi connectivity index (χ1) is 7.60. The van der Waals surface area contributed by atoms with Crippen molar-refractivity contribution in [2.75, 3.05) is 25.2 Å². The number of carbonyl (C=O) groups excluding carboxylic acids is 1. The number of rotatable bonds is 9. The summed E-state index contributed by atoms with van der Waals surface area (Å²) in [7, 11) is 1.59. The van der Waals surface area contributed by atoms with Crippen LogP contribution in [0.3, 0.4) is 0 Å². The highest BCUT2D eigenvalue weighted by Crippen LogP contribution is 2.01. The van der Waals surface area contributed by atoms with Crippen molar-refractivity contribution >= 4 is 23.6 Å². The smallest absolute Gasteiger partial charge is 0.313 e. The van der Waals surface area contributed by atoms with E-state index in [4.69, 9.17) is 9.84 Å². The predicted molar refractivity (Wildman–Crippen MR) is 63.7 cm³/mol. The highest BCUT2D eigenvalue weighted by molar-refractivity contribution is 8.00. The number of thioether (sulfide) groups is 1.